The van der Waals surface area contributed by atoms with Crippen molar-refractivity contribution in [3.05, 3.63) is 0 Å². The predicted octanol–water partition coefficient (Wildman–Crippen LogP) is 0.654. The summed E-state index contributed by atoms with van der Waals surface area (Å²) < 4.78 is 0. The Kier molecular flexibility index (Phi) is 1.28. The summed E-state index contributed by atoms with van der Waals surface area (Å²) in [6.45, 7) is 5.10. The monoisotopic (exact) mass is 152 g/mol. The molecule has 1 heterocycles. The van der Waals surface area contributed by atoms with Crippen LogP contribution in [-0.4, -0.2) is 29.7 Å². The lowest BCUT2D eigenvalue weighted by Gasteiger charge is -2.22. The Morgan fingerprint density at radius 3 is 2.82 bits per heavy atom. The first-order valence-corrected chi connectivity index (χ1v) is 3.98. The van der Waals surface area contributed by atoms with Gasteiger partial charge in [-0.2, -0.15) is 0 Å². The molecule has 1 saturated heterocycles. The first-order valence-electron chi connectivity index (χ1n) is 3.98. The summed E-state index contributed by atoms with van der Waals surface area (Å²) in [7, 11) is 0. The van der Waals surface area contributed by atoms with Crippen LogP contribution in [0.2, 0.25) is 0 Å². The molecule has 0 N–H and O–H groups in total. The molecule has 3 heteroatoms. The number of fused-ring (bicyclic) bond motifs is 1. The molecule has 0 radical (unpaired) electrons. The number of carbonyl (C=O) groups is 1. The van der Waals surface area contributed by atoms with Gasteiger partial charge in [0, 0.05) is 13.0 Å². The molecule has 1 aliphatic heterocycles. The molecule has 2 rings (SSSR count). The van der Waals surface area contributed by atoms with E-state index >= 15 is 0 Å². The average molecular weight is 152 g/mol. The molecule has 0 spiro atoms. The number of carbonyl (C=O) groups excluding carboxylic acids is 1. The topological polar surface area (TPSA) is 32.7 Å². The van der Waals surface area contributed by atoms with E-state index in [-0.39, 0.29) is 12.1 Å². The number of aliphatic imine (C=N–C) groups is 1. The van der Waals surface area contributed by atoms with Crippen molar-refractivity contribution in [3.8, 4) is 0 Å². The first kappa shape index (κ1) is 6.83. The minimum absolute atomic E-state index is 0.0799. The van der Waals surface area contributed by atoms with Crippen LogP contribution >= 0.6 is 0 Å². The molecular formula is C8H12N2O. The maximum absolute atomic E-state index is 11.1. The van der Waals surface area contributed by atoms with E-state index in [9.17, 15) is 4.79 Å². The highest BCUT2D eigenvalue weighted by Crippen LogP contribution is 2.47. The van der Waals surface area contributed by atoms with Gasteiger partial charge < -0.3 is 4.90 Å². The maximum Gasteiger partial charge on any atom is 0.221 e. The number of piperidine rings is 1. The van der Waals surface area contributed by atoms with Gasteiger partial charge in [0.2, 0.25) is 5.91 Å². The number of amides is 1. The second-order valence-electron chi connectivity index (χ2n) is 3.39. The third-order valence-corrected chi connectivity index (χ3v) is 2.65. The molecule has 0 bridgehead atoms. The number of rotatable bonds is 1. The van der Waals surface area contributed by atoms with Crippen LogP contribution in [0.5, 0.6) is 0 Å². The van der Waals surface area contributed by atoms with Gasteiger partial charge in [0.25, 0.3) is 0 Å². The lowest BCUT2D eigenvalue weighted by Crippen LogP contribution is -2.35. The molecule has 3 unspecified atom stereocenters. The summed E-state index contributed by atoms with van der Waals surface area (Å²) in [5, 5.41) is 0. The smallest absolute Gasteiger partial charge is 0.221 e. The van der Waals surface area contributed by atoms with Crippen molar-refractivity contribution >= 4 is 12.6 Å². The molecule has 2 fully saturated rings. The Morgan fingerprint density at radius 2 is 2.36 bits per heavy atom. The normalized spacial score (nSPS) is 40.1. The molecule has 2 aliphatic rings. The largest absolute Gasteiger partial charge is 0.317 e. The van der Waals surface area contributed by atoms with Gasteiger partial charge in [-0.1, -0.05) is 0 Å². The van der Waals surface area contributed by atoms with Gasteiger partial charge in [-0.3, -0.25) is 9.79 Å². The lowest BCUT2D eigenvalue weighted by atomic mass is 10.3. The van der Waals surface area contributed by atoms with E-state index in [1.807, 2.05) is 4.90 Å². The van der Waals surface area contributed by atoms with Crippen molar-refractivity contribution in [2.45, 2.75) is 32.0 Å². The molecule has 1 amide bonds. The van der Waals surface area contributed by atoms with Gasteiger partial charge in [-0.05, 0) is 25.5 Å². The zero-order chi connectivity index (χ0) is 8.01. The summed E-state index contributed by atoms with van der Waals surface area (Å²) in [6.07, 6.45) is 2.30. The Morgan fingerprint density at radius 1 is 1.64 bits per heavy atom. The van der Waals surface area contributed by atoms with Gasteiger partial charge in [-0.15, -0.1) is 0 Å². The number of nitrogens with zero attached hydrogens (tertiary/aromatic N) is 2. The Balaban J connectivity index is 2.14. The third kappa shape index (κ3) is 0.870. The Bertz CT molecular complexity index is 214. The highest BCUT2D eigenvalue weighted by Gasteiger charge is 2.52. The van der Waals surface area contributed by atoms with Crippen molar-refractivity contribution in [2.75, 3.05) is 0 Å². The van der Waals surface area contributed by atoms with Crippen LogP contribution in [0.3, 0.4) is 0 Å². The molecule has 1 saturated carbocycles. The second-order valence-corrected chi connectivity index (χ2v) is 3.39. The standard InChI is InChI=1S/C8H12N2O/c1-5(11)10-7-3-6(7)4-8(10)9-2/h6-8H,2-4H2,1H3. The van der Waals surface area contributed by atoms with Gasteiger partial charge in [-0.25, -0.2) is 0 Å². The highest BCUT2D eigenvalue weighted by molar-refractivity contribution is 5.75. The first-order chi connectivity index (χ1) is 5.24. The minimum Gasteiger partial charge on any atom is -0.317 e. The van der Waals surface area contributed by atoms with Crippen LogP contribution in [-0.2, 0) is 4.79 Å². The van der Waals surface area contributed by atoms with Crippen LogP contribution in [0.1, 0.15) is 19.8 Å². The summed E-state index contributed by atoms with van der Waals surface area (Å²) in [6, 6.07) is 0.503. The van der Waals surface area contributed by atoms with Crippen LogP contribution in [0.25, 0.3) is 0 Å². The second kappa shape index (κ2) is 2.06. The molecule has 60 valence electrons. The Labute approximate surface area is 66.1 Å². The van der Waals surface area contributed by atoms with E-state index in [0.717, 1.165) is 12.3 Å². The number of hydrogen-bond donors (Lipinski definition) is 0. The lowest BCUT2D eigenvalue weighted by molar-refractivity contribution is -0.130. The summed E-state index contributed by atoms with van der Waals surface area (Å²) >= 11 is 0. The SMILES string of the molecule is C=NC1CC2CC2N1C(C)=O. The molecular weight excluding hydrogens is 140 g/mol. The fourth-order valence-corrected chi connectivity index (χ4v) is 2.04. The van der Waals surface area contributed by atoms with Crippen molar-refractivity contribution in [1.29, 1.82) is 0 Å². The fourth-order valence-electron chi connectivity index (χ4n) is 2.04. The summed E-state index contributed by atoms with van der Waals surface area (Å²) in [4.78, 5) is 16.9. The van der Waals surface area contributed by atoms with Crippen LogP contribution in [0, 0.1) is 5.92 Å². The highest BCUT2D eigenvalue weighted by atomic mass is 16.2. The third-order valence-electron chi connectivity index (χ3n) is 2.65. The van der Waals surface area contributed by atoms with E-state index < -0.39 is 0 Å². The molecule has 1 aliphatic carbocycles. The van der Waals surface area contributed by atoms with E-state index in [1.54, 1.807) is 6.92 Å². The average Bonchev–Trinajstić information content (AvgIpc) is 2.61. The van der Waals surface area contributed by atoms with Crippen LogP contribution in [0.4, 0.5) is 0 Å². The maximum atomic E-state index is 11.1. The predicted molar refractivity (Wildman–Crippen MR) is 42.4 cm³/mol. The number of likely N-dealkylation sites (tertiary alicyclic amines) is 1. The van der Waals surface area contributed by atoms with Crippen molar-refractivity contribution in [2.24, 2.45) is 10.9 Å². The van der Waals surface area contributed by atoms with Gasteiger partial charge in [0.05, 0.1) is 0 Å². The van der Waals surface area contributed by atoms with Crippen molar-refractivity contribution in [3.63, 3.8) is 0 Å². The van der Waals surface area contributed by atoms with Crippen LogP contribution < -0.4 is 0 Å². The van der Waals surface area contributed by atoms with Crippen molar-refractivity contribution in [1.82, 2.24) is 4.90 Å². The molecule has 0 aromatic rings. The molecule has 3 nitrogen and oxygen atoms in total. The Hall–Kier alpha value is -0.860. The zero-order valence-corrected chi connectivity index (χ0v) is 6.66. The molecule has 0 aromatic heterocycles. The van der Waals surface area contributed by atoms with Crippen molar-refractivity contribution < 1.29 is 4.79 Å². The van der Waals surface area contributed by atoms with Gasteiger partial charge in [0.1, 0.15) is 6.17 Å². The van der Waals surface area contributed by atoms with E-state index in [1.165, 1.54) is 6.42 Å². The van der Waals surface area contributed by atoms with Crippen LogP contribution in [0.15, 0.2) is 4.99 Å². The van der Waals surface area contributed by atoms with Gasteiger partial charge >= 0.3 is 0 Å². The summed E-state index contributed by atoms with van der Waals surface area (Å²) in [5.41, 5.74) is 0. The fraction of sp³-hybridized carbons (Fsp3) is 0.750. The molecule has 3 atom stereocenters. The number of hydrogen-bond acceptors (Lipinski definition) is 2. The summed E-state index contributed by atoms with van der Waals surface area (Å²) in [5.74, 6) is 0.877. The quantitative estimate of drug-likeness (QED) is 0.508. The van der Waals surface area contributed by atoms with E-state index in [0.29, 0.717) is 6.04 Å². The van der Waals surface area contributed by atoms with E-state index in [4.69, 9.17) is 0 Å². The van der Waals surface area contributed by atoms with E-state index in [2.05, 4.69) is 11.7 Å². The molecule has 11 heavy (non-hydrogen) atoms. The zero-order valence-electron chi connectivity index (χ0n) is 6.66. The van der Waals surface area contributed by atoms with Gasteiger partial charge in [0.15, 0.2) is 0 Å². The molecule has 0 aromatic carbocycles. The minimum atomic E-state index is 0.0799.